The van der Waals surface area contributed by atoms with Crippen molar-refractivity contribution in [2.75, 3.05) is 30.9 Å². The van der Waals surface area contributed by atoms with E-state index in [-0.39, 0.29) is 46.0 Å². The lowest BCUT2D eigenvalue weighted by Gasteiger charge is -2.37. The Morgan fingerprint density at radius 2 is 1.81 bits per heavy atom. The highest BCUT2D eigenvalue weighted by molar-refractivity contribution is 7.99. The van der Waals surface area contributed by atoms with Gasteiger partial charge in [-0.1, -0.05) is 0 Å². The molecule has 2 aliphatic heterocycles. The van der Waals surface area contributed by atoms with Gasteiger partial charge in [0.15, 0.2) is 0 Å². The summed E-state index contributed by atoms with van der Waals surface area (Å²) in [5, 5.41) is 3.51. The number of alkyl halides is 3. The predicted octanol–water partition coefficient (Wildman–Crippen LogP) is 4.67. The molecule has 6 nitrogen and oxygen atoms in total. The number of benzene rings is 2. The van der Waals surface area contributed by atoms with Gasteiger partial charge in [-0.15, -0.1) is 11.8 Å². The SMILES string of the molecule is CO[C@H]1CSc2c(-c3ccc(F)cc3F)c(C(F)(F)F)cc3c(N4C[C@@H](C)N[C@@H](C)C4)nc(=O)n(c23)C1. The van der Waals surface area contributed by atoms with Crippen molar-refractivity contribution in [2.45, 2.75) is 49.7 Å². The van der Waals surface area contributed by atoms with Crippen molar-refractivity contribution < 1.29 is 26.7 Å². The van der Waals surface area contributed by atoms with Crippen molar-refractivity contribution in [2.24, 2.45) is 0 Å². The first-order chi connectivity index (χ1) is 17.5. The van der Waals surface area contributed by atoms with Gasteiger partial charge in [-0.05, 0) is 32.0 Å². The molecule has 0 unspecified atom stereocenters. The van der Waals surface area contributed by atoms with E-state index >= 15 is 0 Å². The molecule has 198 valence electrons. The van der Waals surface area contributed by atoms with Gasteiger partial charge in [0.25, 0.3) is 0 Å². The molecule has 2 aromatic carbocycles. The Bertz CT molecular complexity index is 1420. The number of piperazine rings is 1. The first-order valence-corrected chi connectivity index (χ1v) is 12.8. The van der Waals surface area contributed by atoms with Crippen molar-refractivity contribution in [1.29, 1.82) is 0 Å². The quantitative estimate of drug-likeness (QED) is 0.488. The van der Waals surface area contributed by atoms with E-state index in [1.54, 1.807) is 0 Å². The lowest BCUT2D eigenvalue weighted by Crippen LogP contribution is -2.55. The number of hydrogen-bond acceptors (Lipinski definition) is 6. The molecule has 1 saturated heterocycles. The van der Waals surface area contributed by atoms with Crippen LogP contribution in [0.3, 0.4) is 0 Å². The maximum atomic E-state index is 15.0. The molecule has 1 N–H and O–H groups in total. The number of ether oxygens (including phenoxy) is 1. The molecular weight excluding hydrogens is 515 g/mol. The second kappa shape index (κ2) is 9.55. The topological polar surface area (TPSA) is 59.4 Å². The van der Waals surface area contributed by atoms with Gasteiger partial charge in [-0.25, -0.2) is 13.6 Å². The summed E-state index contributed by atoms with van der Waals surface area (Å²) in [5.41, 5.74) is -2.28. The van der Waals surface area contributed by atoms with E-state index in [0.29, 0.717) is 19.2 Å². The van der Waals surface area contributed by atoms with Gasteiger partial charge in [0.1, 0.15) is 17.5 Å². The van der Waals surface area contributed by atoms with Crippen LogP contribution in [0, 0.1) is 11.6 Å². The van der Waals surface area contributed by atoms with Crippen LogP contribution < -0.4 is 15.9 Å². The molecule has 37 heavy (non-hydrogen) atoms. The van der Waals surface area contributed by atoms with E-state index in [2.05, 4.69) is 10.3 Å². The summed E-state index contributed by atoms with van der Waals surface area (Å²) in [4.78, 5) is 19.5. The minimum absolute atomic E-state index is 0.0140. The Kier molecular flexibility index (Phi) is 6.70. The highest BCUT2D eigenvalue weighted by Gasteiger charge is 2.39. The normalized spacial score (nSPS) is 22.4. The second-order valence-corrected chi connectivity index (χ2v) is 10.5. The minimum Gasteiger partial charge on any atom is -0.379 e. The summed E-state index contributed by atoms with van der Waals surface area (Å²) in [6.07, 6.45) is -5.36. The van der Waals surface area contributed by atoms with Crippen LogP contribution in [0.4, 0.5) is 27.8 Å². The van der Waals surface area contributed by atoms with Crippen molar-refractivity contribution in [3.8, 4) is 11.1 Å². The van der Waals surface area contributed by atoms with E-state index in [0.717, 1.165) is 30.0 Å². The molecule has 0 aliphatic carbocycles. The summed E-state index contributed by atoms with van der Waals surface area (Å²) in [7, 11) is 1.45. The van der Waals surface area contributed by atoms with Crippen LogP contribution in [0.1, 0.15) is 19.4 Å². The van der Waals surface area contributed by atoms with Crippen LogP contribution in [0.2, 0.25) is 0 Å². The maximum absolute atomic E-state index is 15.0. The number of rotatable bonds is 3. The van der Waals surface area contributed by atoms with Gasteiger partial charge >= 0.3 is 11.9 Å². The molecule has 3 atom stereocenters. The van der Waals surface area contributed by atoms with Gasteiger partial charge in [-0.3, -0.25) is 4.57 Å². The summed E-state index contributed by atoms with van der Waals surface area (Å²) in [6.45, 7) is 4.84. The zero-order chi connectivity index (χ0) is 26.6. The van der Waals surface area contributed by atoms with Gasteiger partial charge in [0, 0.05) is 65.5 Å². The lowest BCUT2D eigenvalue weighted by atomic mass is 9.95. The largest absolute Gasteiger partial charge is 0.417 e. The van der Waals surface area contributed by atoms with Crippen LogP contribution in [0.5, 0.6) is 0 Å². The fourth-order valence-corrected chi connectivity index (χ4v) is 6.52. The summed E-state index contributed by atoms with van der Waals surface area (Å²) >= 11 is 1.06. The Labute approximate surface area is 213 Å². The third-order valence-electron chi connectivity index (χ3n) is 6.69. The number of aromatic nitrogens is 2. The summed E-state index contributed by atoms with van der Waals surface area (Å²) < 4.78 is 79.2. The molecule has 0 radical (unpaired) electrons. The maximum Gasteiger partial charge on any atom is 0.417 e. The van der Waals surface area contributed by atoms with Crippen molar-refractivity contribution in [3.05, 3.63) is 51.9 Å². The zero-order valence-electron chi connectivity index (χ0n) is 20.3. The second-order valence-electron chi connectivity index (χ2n) is 9.52. The van der Waals surface area contributed by atoms with E-state index in [4.69, 9.17) is 4.74 Å². The van der Waals surface area contributed by atoms with Crippen LogP contribution in [0.25, 0.3) is 22.0 Å². The first-order valence-electron chi connectivity index (χ1n) is 11.8. The van der Waals surface area contributed by atoms with E-state index in [9.17, 15) is 26.7 Å². The third-order valence-corrected chi connectivity index (χ3v) is 7.92. The van der Waals surface area contributed by atoms with E-state index in [1.165, 1.54) is 11.7 Å². The van der Waals surface area contributed by atoms with Gasteiger partial charge in [-0.2, -0.15) is 18.2 Å². The zero-order valence-corrected chi connectivity index (χ0v) is 21.1. The molecule has 0 saturated carbocycles. The fraction of sp³-hybridized carbons (Fsp3) is 0.440. The number of hydrogen-bond donors (Lipinski definition) is 1. The smallest absolute Gasteiger partial charge is 0.379 e. The molecule has 0 spiro atoms. The fourth-order valence-electron chi connectivity index (χ4n) is 5.20. The van der Waals surface area contributed by atoms with E-state index < -0.39 is 46.3 Å². The minimum atomic E-state index is -4.86. The summed E-state index contributed by atoms with van der Waals surface area (Å²) in [6, 6.07) is 3.45. The van der Waals surface area contributed by atoms with Crippen molar-refractivity contribution >= 4 is 28.5 Å². The van der Waals surface area contributed by atoms with Gasteiger partial charge in [0.2, 0.25) is 0 Å². The van der Waals surface area contributed by atoms with Gasteiger partial charge in [0.05, 0.1) is 23.7 Å². The molecule has 0 amide bonds. The number of methoxy groups -OCH3 is 1. The Morgan fingerprint density at radius 3 is 2.43 bits per heavy atom. The van der Waals surface area contributed by atoms with Crippen molar-refractivity contribution in [3.63, 3.8) is 0 Å². The molecule has 5 rings (SSSR count). The number of nitrogens with one attached hydrogen (secondary N) is 1. The summed E-state index contributed by atoms with van der Waals surface area (Å²) in [5.74, 6) is -1.65. The van der Waals surface area contributed by atoms with Crippen LogP contribution in [-0.4, -0.2) is 53.7 Å². The standard InChI is InChI=1S/C25H25F5N4O2S/c1-12-8-33(9-13(2)31-12)23-17-7-18(25(28,29)30)20(16-5-4-14(26)6-19(16)27)22-21(17)34(24(35)32-23)10-15(36-3)11-37-22/h4-7,12-13,15,31H,8-11H2,1-3H3/t12-,13+,15-/m1/s1. The molecule has 2 aliphatic rings. The van der Waals surface area contributed by atoms with Crippen LogP contribution in [-0.2, 0) is 17.5 Å². The number of halogens is 5. The Morgan fingerprint density at radius 1 is 1.11 bits per heavy atom. The van der Waals surface area contributed by atoms with Crippen molar-refractivity contribution in [1.82, 2.24) is 14.9 Å². The number of thioether (sulfide) groups is 1. The van der Waals surface area contributed by atoms with Crippen LogP contribution in [0.15, 0.2) is 34.0 Å². The highest BCUT2D eigenvalue weighted by Crippen LogP contribution is 2.48. The number of nitrogens with zero attached hydrogens (tertiary/aromatic N) is 3. The van der Waals surface area contributed by atoms with Crippen LogP contribution >= 0.6 is 11.8 Å². The molecule has 3 aromatic rings. The number of anilines is 1. The molecular formula is C25H25F5N4O2S. The average molecular weight is 541 g/mol. The first kappa shape index (κ1) is 25.9. The third kappa shape index (κ3) is 4.70. The molecule has 12 heteroatoms. The molecule has 1 fully saturated rings. The predicted molar refractivity (Wildman–Crippen MR) is 132 cm³/mol. The highest BCUT2D eigenvalue weighted by atomic mass is 32.2. The Balaban J connectivity index is 1.91. The monoisotopic (exact) mass is 540 g/mol. The Hall–Kier alpha value is -2.70. The molecule has 1 aromatic heterocycles. The lowest BCUT2D eigenvalue weighted by molar-refractivity contribution is -0.137. The molecule has 3 heterocycles. The van der Waals surface area contributed by atoms with Gasteiger partial charge < -0.3 is 15.0 Å². The van der Waals surface area contributed by atoms with E-state index in [1.807, 2.05) is 18.7 Å². The molecule has 0 bridgehead atoms. The average Bonchev–Trinajstić information content (AvgIpc) is 3.01.